The number of benzene rings is 2. The van der Waals surface area contributed by atoms with Gasteiger partial charge in [-0.1, -0.05) is 18.2 Å². The van der Waals surface area contributed by atoms with E-state index in [1.54, 1.807) is 6.07 Å². The zero-order valence-corrected chi connectivity index (χ0v) is 15.6. The van der Waals surface area contributed by atoms with E-state index in [9.17, 15) is 13.2 Å². The van der Waals surface area contributed by atoms with Crippen molar-refractivity contribution in [3.8, 4) is 11.5 Å². The fraction of sp³-hybridized carbons (Fsp3) is 0.350. The average molecular weight is 424 g/mol. The fourth-order valence-electron chi connectivity index (χ4n) is 3.53. The van der Waals surface area contributed by atoms with Crippen molar-refractivity contribution >= 4 is 20.6 Å². The van der Waals surface area contributed by atoms with Gasteiger partial charge in [-0.25, -0.2) is 0 Å². The van der Waals surface area contributed by atoms with Crippen LogP contribution in [-0.4, -0.2) is 10.7 Å². The van der Waals surface area contributed by atoms with Gasteiger partial charge in [0, 0.05) is 6.42 Å². The van der Waals surface area contributed by atoms with Gasteiger partial charge >= 0.3 is 6.18 Å². The van der Waals surface area contributed by atoms with E-state index in [0.29, 0.717) is 23.6 Å². The van der Waals surface area contributed by atoms with Crippen molar-refractivity contribution < 1.29 is 17.9 Å². The van der Waals surface area contributed by atoms with E-state index in [-0.39, 0.29) is 5.75 Å². The minimum Gasteiger partial charge on any atom is -0.457 e. The number of aliphatic imine (C=N–C) groups is 1. The van der Waals surface area contributed by atoms with Crippen LogP contribution in [0.5, 0.6) is 11.5 Å². The summed E-state index contributed by atoms with van der Waals surface area (Å²) in [4.78, 5) is 4.57. The third kappa shape index (κ3) is 3.52. The van der Waals surface area contributed by atoms with Gasteiger partial charge in [-0.3, -0.25) is 4.99 Å². The second kappa shape index (κ2) is 6.41. The number of hydrogen-bond donors (Lipinski definition) is 0. The number of nitrogens with zero attached hydrogens (tertiary/aromatic N) is 1. The normalized spacial score (nSPS) is 24.7. The number of rotatable bonds is 3. The summed E-state index contributed by atoms with van der Waals surface area (Å²) in [5, 5.41) is 0. The molecule has 1 heterocycles. The second-order valence-corrected chi connectivity index (χ2v) is 7.85. The summed E-state index contributed by atoms with van der Waals surface area (Å²) in [5.41, 5.74) is 1.33. The molecule has 1 aliphatic carbocycles. The standard InChI is InChI=1S/C20H17BrF3NO/c1-11-5-6-12(15-10-19(21)25-17-9-16(15)17)7-18(11)26-14-4-2-3-13(8-14)20(22,23)24/h2-8,15-17H,9-10H2,1H3/t15-,16?,17+/m1/s1. The van der Waals surface area contributed by atoms with Gasteiger partial charge in [0.1, 0.15) is 11.5 Å². The summed E-state index contributed by atoms with van der Waals surface area (Å²) >= 11 is 3.52. The maximum absolute atomic E-state index is 12.9. The van der Waals surface area contributed by atoms with Crippen molar-refractivity contribution in [1.29, 1.82) is 0 Å². The molecule has 1 saturated carbocycles. The highest BCUT2D eigenvalue weighted by molar-refractivity contribution is 9.18. The molecule has 136 valence electrons. The van der Waals surface area contributed by atoms with Crippen LogP contribution in [-0.2, 0) is 6.18 Å². The molecule has 6 heteroatoms. The lowest BCUT2D eigenvalue weighted by molar-refractivity contribution is -0.137. The van der Waals surface area contributed by atoms with Gasteiger partial charge < -0.3 is 4.74 Å². The van der Waals surface area contributed by atoms with Crippen LogP contribution >= 0.6 is 15.9 Å². The average Bonchev–Trinajstić information content (AvgIpc) is 3.35. The van der Waals surface area contributed by atoms with Crippen molar-refractivity contribution in [2.75, 3.05) is 0 Å². The highest BCUT2D eigenvalue weighted by atomic mass is 79.9. The second-order valence-electron chi connectivity index (χ2n) is 6.94. The fourth-order valence-corrected chi connectivity index (χ4v) is 4.14. The van der Waals surface area contributed by atoms with E-state index < -0.39 is 11.7 Å². The molecule has 4 rings (SSSR count). The van der Waals surface area contributed by atoms with Crippen LogP contribution in [0.1, 0.15) is 35.4 Å². The molecule has 2 aromatic carbocycles. The summed E-state index contributed by atoms with van der Waals surface area (Å²) in [5.74, 6) is 1.71. The Kier molecular flexibility index (Phi) is 4.34. The Morgan fingerprint density at radius 3 is 2.73 bits per heavy atom. The Hall–Kier alpha value is -1.82. The smallest absolute Gasteiger partial charge is 0.416 e. The van der Waals surface area contributed by atoms with E-state index in [1.165, 1.54) is 6.07 Å². The molecule has 1 unspecified atom stereocenters. The predicted molar refractivity (Wildman–Crippen MR) is 98.3 cm³/mol. The topological polar surface area (TPSA) is 21.6 Å². The van der Waals surface area contributed by atoms with E-state index in [4.69, 9.17) is 4.74 Å². The lowest BCUT2D eigenvalue weighted by Gasteiger charge is -2.21. The van der Waals surface area contributed by atoms with Crippen LogP contribution < -0.4 is 4.74 Å². The lowest BCUT2D eigenvalue weighted by Crippen LogP contribution is -2.12. The number of ether oxygens (including phenoxy) is 1. The Morgan fingerprint density at radius 1 is 1.15 bits per heavy atom. The van der Waals surface area contributed by atoms with Gasteiger partial charge in [0.25, 0.3) is 0 Å². The van der Waals surface area contributed by atoms with Crippen LogP contribution in [0, 0.1) is 12.8 Å². The summed E-state index contributed by atoms with van der Waals surface area (Å²) in [6.07, 6.45) is -2.43. The maximum Gasteiger partial charge on any atom is 0.416 e. The first-order valence-corrected chi connectivity index (χ1v) is 9.28. The van der Waals surface area contributed by atoms with E-state index in [2.05, 4.69) is 27.0 Å². The summed E-state index contributed by atoms with van der Waals surface area (Å²) in [7, 11) is 0. The highest BCUT2D eigenvalue weighted by Crippen LogP contribution is 2.51. The van der Waals surface area contributed by atoms with Crippen molar-refractivity contribution in [3.05, 3.63) is 59.2 Å². The van der Waals surface area contributed by atoms with Gasteiger partial charge in [-0.05, 0) is 76.5 Å². The number of hydrogen-bond acceptors (Lipinski definition) is 2. The maximum atomic E-state index is 12.9. The zero-order chi connectivity index (χ0) is 18.5. The van der Waals surface area contributed by atoms with Gasteiger partial charge in [0.15, 0.2) is 0 Å². The molecule has 0 spiro atoms. The van der Waals surface area contributed by atoms with Crippen LogP contribution in [0.15, 0.2) is 47.5 Å². The van der Waals surface area contributed by atoms with Gasteiger partial charge in [-0.2, -0.15) is 13.2 Å². The molecule has 3 atom stereocenters. The first-order valence-electron chi connectivity index (χ1n) is 8.49. The van der Waals surface area contributed by atoms with Crippen molar-refractivity contribution in [2.24, 2.45) is 10.9 Å². The van der Waals surface area contributed by atoms with Crippen LogP contribution in [0.25, 0.3) is 0 Å². The molecule has 0 amide bonds. The number of alkyl halides is 3. The first kappa shape index (κ1) is 17.6. The lowest BCUT2D eigenvalue weighted by atomic mass is 9.89. The molecule has 1 aliphatic heterocycles. The molecule has 2 aromatic rings. The summed E-state index contributed by atoms with van der Waals surface area (Å²) < 4.78 is 45.5. The molecule has 1 fully saturated rings. The molecule has 0 aromatic heterocycles. The molecule has 0 bridgehead atoms. The largest absolute Gasteiger partial charge is 0.457 e. The van der Waals surface area contributed by atoms with Crippen molar-refractivity contribution in [1.82, 2.24) is 0 Å². The highest BCUT2D eigenvalue weighted by Gasteiger charge is 2.46. The minimum absolute atomic E-state index is 0.191. The number of fused-ring (bicyclic) bond motifs is 1. The number of aryl methyl sites for hydroxylation is 1. The zero-order valence-electron chi connectivity index (χ0n) is 14.1. The Morgan fingerprint density at radius 2 is 1.96 bits per heavy atom. The monoisotopic (exact) mass is 423 g/mol. The summed E-state index contributed by atoms with van der Waals surface area (Å²) in [6.45, 7) is 1.89. The van der Waals surface area contributed by atoms with Crippen LogP contribution in [0.3, 0.4) is 0 Å². The minimum atomic E-state index is -4.38. The Bertz CT molecular complexity index is 878. The molecule has 26 heavy (non-hydrogen) atoms. The Labute approximate surface area is 158 Å². The molecule has 0 radical (unpaired) electrons. The van der Waals surface area contributed by atoms with Crippen LogP contribution in [0.2, 0.25) is 0 Å². The van der Waals surface area contributed by atoms with E-state index in [0.717, 1.165) is 40.7 Å². The molecule has 2 nitrogen and oxygen atoms in total. The molecule has 0 N–H and O–H groups in total. The Balaban J connectivity index is 1.61. The molecule has 2 aliphatic rings. The van der Waals surface area contributed by atoms with Gasteiger partial charge in [0.2, 0.25) is 0 Å². The summed E-state index contributed by atoms with van der Waals surface area (Å²) in [6, 6.07) is 11.4. The number of halogens is 4. The molecule has 0 saturated heterocycles. The molecular weight excluding hydrogens is 407 g/mol. The molecular formula is C20H17BrF3NO. The third-order valence-corrected chi connectivity index (χ3v) is 5.57. The predicted octanol–water partition coefficient (Wildman–Crippen LogP) is 6.48. The van der Waals surface area contributed by atoms with E-state index >= 15 is 0 Å². The quantitative estimate of drug-likeness (QED) is 0.553. The third-order valence-electron chi connectivity index (χ3n) is 5.05. The first-order chi connectivity index (χ1) is 12.3. The van der Waals surface area contributed by atoms with E-state index in [1.807, 2.05) is 19.1 Å². The van der Waals surface area contributed by atoms with Crippen LogP contribution in [0.4, 0.5) is 13.2 Å². The van der Waals surface area contributed by atoms with Gasteiger partial charge in [0.05, 0.1) is 16.2 Å². The van der Waals surface area contributed by atoms with Crippen molar-refractivity contribution in [2.45, 2.75) is 37.9 Å². The van der Waals surface area contributed by atoms with Gasteiger partial charge in [-0.15, -0.1) is 0 Å². The SMILES string of the molecule is Cc1ccc([C@H]2CC(Br)=N[C@H]3CC32)cc1Oc1cccc(C(F)(F)F)c1. The van der Waals surface area contributed by atoms with Crippen molar-refractivity contribution in [3.63, 3.8) is 0 Å².